The standard InChI is InChI=1S/C14H19N3O.C12H14FN3OS/c1-14(2)7-6-9-11(17-13(15)18)8-4-3-5-10(8)16-12(9)14;1-12(2,17)10-7-11(18-14)15-16(10)9-5-3-8(13)4-6-9/h3-7H2,1-2H3,(H3,15,16,17,18);3-7,17H,14H2,1-2H3. The zero-order chi connectivity index (χ0) is 26.3. The van der Waals surface area contributed by atoms with Crippen LogP contribution < -0.4 is 16.2 Å². The van der Waals surface area contributed by atoms with Crippen molar-refractivity contribution in [2.24, 2.45) is 10.9 Å². The zero-order valence-corrected chi connectivity index (χ0v) is 21.9. The Bertz CT molecular complexity index is 1280. The molecule has 36 heavy (non-hydrogen) atoms. The predicted molar refractivity (Wildman–Crippen MR) is 140 cm³/mol. The summed E-state index contributed by atoms with van der Waals surface area (Å²) < 4.78 is 14.5. The number of nitrogens with zero attached hydrogens (tertiary/aromatic N) is 3. The first-order valence-electron chi connectivity index (χ1n) is 12.0. The quantitative estimate of drug-likeness (QED) is 0.381. The van der Waals surface area contributed by atoms with Gasteiger partial charge in [-0.05, 0) is 99.4 Å². The summed E-state index contributed by atoms with van der Waals surface area (Å²) >= 11 is 1.00. The number of primary amides is 1. The average molecular weight is 513 g/mol. The van der Waals surface area contributed by atoms with Crippen molar-refractivity contribution in [3.8, 4) is 5.69 Å². The Balaban J connectivity index is 0.000000169. The maximum atomic E-state index is 12.9. The van der Waals surface area contributed by atoms with E-state index in [0.717, 1.165) is 61.1 Å². The maximum absolute atomic E-state index is 12.9. The Morgan fingerprint density at radius 1 is 1.19 bits per heavy atom. The van der Waals surface area contributed by atoms with Gasteiger partial charge in [-0.1, -0.05) is 13.8 Å². The number of amides is 2. The van der Waals surface area contributed by atoms with Crippen LogP contribution in [0.4, 0.5) is 14.9 Å². The van der Waals surface area contributed by atoms with Gasteiger partial charge in [0.25, 0.3) is 0 Å². The lowest BCUT2D eigenvalue weighted by Gasteiger charge is -2.20. The molecule has 8 nitrogen and oxygen atoms in total. The van der Waals surface area contributed by atoms with Crippen molar-refractivity contribution < 1.29 is 14.3 Å². The lowest BCUT2D eigenvalue weighted by atomic mass is 9.90. The summed E-state index contributed by atoms with van der Waals surface area (Å²) in [6.45, 7) is 7.77. The highest BCUT2D eigenvalue weighted by atomic mass is 32.2. The van der Waals surface area contributed by atoms with E-state index < -0.39 is 11.6 Å². The first-order valence-corrected chi connectivity index (χ1v) is 12.9. The number of pyridine rings is 1. The van der Waals surface area contributed by atoms with Crippen molar-refractivity contribution in [3.63, 3.8) is 0 Å². The molecule has 0 saturated carbocycles. The monoisotopic (exact) mass is 512 g/mol. The molecule has 0 atom stereocenters. The van der Waals surface area contributed by atoms with Gasteiger partial charge in [0.05, 0.1) is 22.8 Å². The number of aliphatic hydroxyl groups is 1. The number of hydrogen-bond acceptors (Lipinski definition) is 6. The minimum Gasteiger partial charge on any atom is -0.384 e. The highest BCUT2D eigenvalue weighted by Crippen LogP contribution is 2.44. The van der Waals surface area contributed by atoms with Gasteiger partial charge >= 0.3 is 6.03 Å². The number of carbonyl (C=O) groups is 1. The molecule has 3 aromatic rings. The molecule has 6 N–H and O–H groups in total. The fourth-order valence-corrected chi connectivity index (χ4v) is 5.20. The van der Waals surface area contributed by atoms with Crippen molar-refractivity contribution in [3.05, 3.63) is 64.4 Å². The van der Waals surface area contributed by atoms with Gasteiger partial charge in [-0.3, -0.25) is 10.1 Å². The molecular weight excluding hydrogens is 479 g/mol. The minimum absolute atomic E-state index is 0.112. The van der Waals surface area contributed by atoms with Crippen LogP contribution in [-0.4, -0.2) is 25.9 Å². The van der Waals surface area contributed by atoms with Gasteiger partial charge in [-0.15, -0.1) is 0 Å². The van der Waals surface area contributed by atoms with Crippen LogP contribution in [0.3, 0.4) is 0 Å². The van der Waals surface area contributed by atoms with Crippen molar-refractivity contribution in [2.75, 3.05) is 5.32 Å². The second-order valence-electron chi connectivity index (χ2n) is 10.4. The zero-order valence-electron chi connectivity index (χ0n) is 21.1. The van der Waals surface area contributed by atoms with Crippen LogP contribution >= 0.6 is 11.9 Å². The van der Waals surface area contributed by atoms with Crippen molar-refractivity contribution in [1.82, 2.24) is 14.8 Å². The van der Waals surface area contributed by atoms with E-state index in [1.54, 1.807) is 36.7 Å². The molecule has 0 bridgehead atoms. The maximum Gasteiger partial charge on any atom is 0.316 e. The number of rotatable bonds is 4. The number of nitrogens with two attached hydrogens (primary N) is 2. The largest absolute Gasteiger partial charge is 0.384 e. The topological polar surface area (TPSA) is 132 Å². The molecule has 5 rings (SSSR count). The number of benzene rings is 1. The van der Waals surface area contributed by atoms with Gasteiger partial charge < -0.3 is 16.2 Å². The van der Waals surface area contributed by atoms with Gasteiger partial charge in [0, 0.05) is 11.1 Å². The van der Waals surface area contributed by atoms with Gasteiger partial charge in [-0.2, -0.15) is 5.10 Å². The molecule has 0 spiro atoms. The average Bonchev–Trinajstić information content (AvgIpc) is 3.52. The first-order chi connectivity index (χ1) is 16.9. The number of nitrogens with one attached hydrogen (secondary N) is 1. The highest BCUT2D eigenvalue weighted by Gasteiger charge is 2.36. The van der Waals surface area contributed by atoms with E-state index in [2.05, 4.69) is 24.3 Å². The fraction of sp³-hybridized carbons (Fsp3) is 0.423. The molecule has 0 unspecified atom stereocenters. The SMILES string of the molecule is CC(C)(O)c1cc(SN)nn1-c1ccc(F)cc1.CC1(C)CCc2c1nc1c(c2NC(N)=O)CCC1. The van der Waals surface area contributed by atoms with E-state index in [9.17, 15) is 14.3 Å². The first kappa shape index (κ1) is 26.1. The molecule has 0 fully saturated rings. The molecule has 2 heterocycles. The molecule has 10 heteroatoms. The van der Waals surface area contributed by atoms with Gasteiger partial charge in [-0.25, -0.2) is 13.9 Å². The Labute approximate surface area is 214 Å². The third kappa shape index (κ3) is 5.25. The Morgan fingerprint density at radius 3 is 2.50 bits per heavy atom. The van der Waals surface area contributed by atoms with E-state index in [1.165, 1.54) is 23.3 Å². The van der Waals surface area contributed by atoms with Crippen LogP contribution in [-0.2, 0) is 30.3 Å². The lowest BCUT2D eigenvalue weighted by Crippen LogP contribution is -2.22. The number of carbonyl (C=O) groups excluding carboxylic acids is 1. The van der Waals surface area contributed by atoms with Crippen LogP contribution in [0, 0.1) is 5.82 Å². The van der Waals surface area contributed by atoms with Gasteiger partial charge in [0.15, 0.2) is 0 Å². The van der Waals surface area contributed by atoms with Crippen molar-refractivity contribution >= 4 is 23.7 Å². The number of aromatic nitrogens is 3. The summed E-state index contributed by atoms with van der Waals surface area (Å²) in [7, 11) is 0. The minimum atomic E-state index is -1.06. The Kier molecular flexibility index (Phi) is 7.14. The fourth-order valence-electron chi connectivity index (χ4n) is 4.89. The van der Waals surface area contributed by atoms with E-state index in [4.69, 9.17) is 15.9 Å². The second-order valence-corrected chi connectivity index (χ2v) is 11.1. The van der Waals surface area contributed by atoms with Crippen LogP contribution in [0.1, 0.15) is 68.7 Å². The molecule has 2 aliphatic carbocycles. The number of halogens is 1. The normalized spacial score (nSPS) is 15.6. The molecule has 192 valence electrons. The summed E-state index contributed by atoms with van der Waals surface area (Å²) in [5, 5.41) is 23.3. The number of hydrogen-bond donors (Lipinski definition) is 4. The number of anilines is 1. The van der Waals surface area contributed by atoms with E-state index in [0.29, 0.717) is 16.4 Å². The highest BCUT2D eigenvalue weighted by molar-refractivity contribution is 7.97. The summed E-state index contributed by atoms with van der Waals surface area (Å²) in [6, 6.07) is 7.14. The summed E-state index contributed by atoms with van der Waals surface area (Å²) in [5.41, 5.74) is 11.3. The van der Waals surface area contributed by atoms with E-state index >= 15 is 0 Å². The van der Waals surface area contributed by atoms with Crippen LogP contribution in [0.2, 0.25) is 0 Å². The van der Waals surface area contributed by atoms with E-state index in [-0.39, 0.29) is 11.2 Å². The summed E-state index contributed by atoms with van der Waals surface area (Å²) in [6.07, 6.45) is 5.22. The van der Waals surface area contributed by atoms with Crippen LogP contribution in [0.15, 0.2) is 35.4 Å². The predicted octanol–water partition coefficient (Wildman–Crippen LogP) is 4.49. The molecular formula is C26H33FN6O2S. The third-order valence-corrected chi connectivity index (χ3v) is 7.16. The summed E-state index contributed by atoms with van der Waals surface area (Å²) in [5.74, 6) is -0.316. The third-order valence-electron chi connectivity index (χ3n) is 6.72. The van der Waals surface area contributed by atoms with Crippen LogP contribution in [0.5, 0.6) is 0 Å². The van der Waals surface area contributed by atoms with Gasteiger partial charge in [0.2, 0.25) is 0 Å². The lowest BCUT2D eigenvalue weighted by molar-refractivity contribution is 0.0711. The molecule has 1 aromatic carbocycles. The smallest absolute Gasteiger partial charge is 0.316 e. The molecule has 0 saturated heterocycles. The van der Waals surface area contributed by atoms with Crippen molar-refractivity contribution in [2.45, 2.75) is 75.8 Å². The van der Waals surface area contributed by atoms with Gasteiger partial charge in [0.1, 0.15) is 16.4 Å². The van der Waals surface area contributed by atoms with Crippen molar-refractivity contribution in [1.29, 1.82) is 0 Å². The summed E-state index contributed by atoms with van der Waals surface area (Å²) in [4.78, 5) is 16.1. The van der Waals surface area contributed by atoms with Crippen LogP contribution in [0.25, 0.3) is 5.69 Å². The number of aryl methyl sites for hydroxylation is 1. The second kappa shape index (κ2) is 9.84. The molecule has 2 aliphatic rings. The molecule has 2 amide bonds. The molecule has 0 radical (unpaired) electrons. The molecule has 2 aromatic heterocycles. The Hall–Kier alpha value is -2.95. The Morgan fingerprint density at radius 2 is 1.89 bits per heavy atom. The van der Waals surface area contributed by atoms with E-state index in [1.807, 2.05) is 0 Å². The number of urea groups is 1. The molecule has 0 aliphatic heterocycles. The number of fused-ring (bicyclic) bond motifs is 2.